The first-order valence-corrected chi connectivity index (χ1v) is 7.23. The number of hydrogen-bond acceptors (Lipinski definition) is 4. The van der Waals surface area contributed by atoms with E-state index in [9.17, 15) is 15.0 Å². The third kappa shape index (κ3) is 4.31. The Hall–Kier alpha value is -1.85. The lowest BCUT2D eigenvalue weighted by Crippen LogP contribution is -2.25. The van der Waals surface area contributed by atoms with Gasteiger partial charge in [0.1, 0.15) is 11.5 Å². The Kier molecular flexibility index (Phi) is 4.98. The first-order valence-electron chi connectivity index (χ1n) is 6.44. The molecule has 0 saturated carbocycles. The van der Waals surface area contributed by atoms with Gasteiger partial charge in [0.2, 0.25) is 0 Å². The topological polar surface area (TPSA) is 60.8 Å². The second kappa shape index (κ2) is 6.74. The molecule has 2 aromatic rings. The molecule has 0 aliphatic carbocycles. The van der Waals surface area contributed by atoms with Crippen molar-refractivity contribution in [3.63, 3.8) is 0 Å². The molecule has 0 radical (unpaired) electrons. The van der Waals surface area contributed by atoms with E-state index < -0.39 is 0 Å². The zero-order chi connectivity index (χ0) is 15.4. The minimum Gasteiger partial charge on any atom is -0.508 e. The standard InChI is InChI=1S/C16H16BrNO3/c1-18(9-11-3-2-4-12(17)7-11)10-16(21)14-6-5-13(19)8-15(14)20/h2-8,19-20H,9-10H2,1H3. The van der Waals surface area contributed by atoms with Crippen LogP contribution in [0.4, 0.5) is 0 Å². The Labute approximate surface area is 131 Å². The largest absolute Gasteiger partial charge is 0.508 e. The Bertz CT molecular complexity index is 658. The third-order valence-corrected chi connectivity index (χ3v) is 3.53. The number of rotatable bonds is 5. The number of Topliss-reactive ketones (excluding diaryl/α,β-unsaturated/α-hetero) is 1. The fourth-order valence-electron chi connectivity index (χ4n) is 2.09. The first kappa shape index (κ1) is 15.5. The van der Waals surface area contributed by atoms with Crippen LogP contribution in [0.5, 0.6) is 11.5 Å². The third-order valence-electron chi connectivity index (χ3n) is 3.04. The van der Waals surface area contributed by atoms with Gasteiger partial charge in [0.05, 0.1) is 12.1 Å². The van der Waals surface area contributed by atoms with Crippen LogP contribution in [0.1, 0.15) is 15.9 Å². The molecule has 0 aromatic heterocycles. The van der Waals surface area contributed by atoms with Crippen molar-refractivity contribution in [2.45, 2.75) is 6.54 Å². The SMILES string of the molecule is CN(CC(=O)c1ccc(O)cc1O)Cc1cccc(Br)c1. The molecule has 110 valence electrons. The van der Waals surface area contributed by atoms with E-state index in [0.29, 0.717) is 6.54 Å². The van der Waals surface area contributed by atoms with E-state index in [0.717, 1.165) is 10.0 Å². The Morgan fingerprint density at radius 3 is 2.62 bits per heavy atom. The van der Waals surface area contributed by atoms with Crippen molar-refractivity contribution in [3.8, 4) is 11.5 Å². The molecule has 0 unspecified atom stereocenters. The predicted octanol–water partition coefficient (Wildman–Crippen LogP) is 3.18. The van der Waals surface area contributed by atoms with Crippen molar-refractivity contribution in [3.05, 3.63) is 58.1 Å². The Morgan fingerprint density at radius 1 is 1.19 bits per heavy atom. The first-order chi connectivity index (χ1) is 9.95. The van der Waals surface area contributed by atoms with E-state index >= 15 is 0 Å². The van der Waals surface area contributed by atoms with Crippen molar-refractivity contribution < 1.29 is 15.0 Å². The van der Waals surface area contributed by atoms with Crippen molar-refractivity contribution >= 4 is 21.7 Å². The second-order valence-corrected chi connectivity index (χ2v) is 5.84. The maximum absolute atomic E-state index is 12.2. The molecule has 4 nitrogen and oxygen atoms in total. The minimum absolute atomic E-state index is 0.0634. The normalized spacial score (nSPS) is 10.8. The van der Waals surface area contributed by atoms with Crippen molar-refractivity contribution in [2.24, 2.45) is 0 Å². The highest BCUT2D eigenvalue weighted by molar-refractivity contribution is 9.10. The molecular weight excluding hydrogens is 334 g/mol. The second-order valence-electron chi connectivity index (χ2n) is 4.93. The molecule has 0 saturated heterocycles. The number of phenolic OH excluding ortho intramolecular Hbond substituents is 2. The van der Waals surface area contributed by atoms with E-state index in [1.54, 1.807) is 0 Å². The maximum Gasteiger partial charge on any atom is 0.180 e. The van der Waals surface area contributed by atoms with Crippen LogP contribution in [-0.2, 0) is 6.54 Å². The number of carbonyl (C=O) groups is 1. The lowest BCUT2D eigenvalue weighted by Gasteiger charge is -2.16. The molecule has 0 amide bonds. The van der Waals surface area contributed by atoms with E-state index in [2.05, 4.69) is 15.9 Å². The van der Waals surface area contributed by atoms with Gasteiger partial charge in [-0.2, -0.15) is 0 Å². The number of hydrogen-bond donors (Lipinski definition) is 2. The molecule has 0 aliphatic rings. The summed E-state index contributed by atoms with van der Waals surface area (Å²) in [5.41, 5.74) is 1.31. The van der Waals surface area contributed by atoms with Gasteiger partial charge in [-0.15, -0.1) is 0 Å². The monoisotopic (exact) mass is 349 g/mol. The highest BCUT2D eigenvalue weighted by Crippen LogP contribution is 2.23. The molecule has 0 bridgehead atoms. The molecule has 0 heterocycles. The van der Waals surface area contributed by atoms with Gasteiger partial charge in [-0.05, 0) is 36.9 Å². The number of likely N-dealkylation sites (N-methyl/N-ethyl adjacent to an activating group) is 1. The van der Waals surface area contributed by atoms with Gasteiger partial charge in [-0.1, -0.05) is 28.1 Å². The van der Waals surface area contributed by atoms with Crippen LogP contribution in [0.25, 0.3) is 0 Å². The summed E-state index contributed by atoms with van der Waals surface area (Å²) in [6, 6.07) is 11.9. The summed E-state index contributed by atoms with van der Waals surface area (Å²) >= 11 is 3.41. The maximum atomic E-state index is 12.2. The summed E-state index contributed by atoms with van der Waals surface area (Å²) < 4.78 is 0.996. The summed E-state index contributed by atoms with van der Waals surface area (Å²) in [4.78, 5) is 14.0. The summed E-state index contributed by atoms with van der Waals surface area (Å²) in [6.45, 7) is 0.814. The lowest BCUT2D eigenvalue weighted by atomic mass is 10.1. The molecule has 2 N–H and O–H groups in total. The number of carbonyl (C=O) groups excluding carboxylic acids is 1. The number of halogens is 1. The minimum atomic E-state index is -0.198. The van der Waals surface area contributed by atoms with Gasteiger partial charge in [0, 0.05) is 17.1 Å². The van der Waals surface area contributed by atoms with Gasteiger partial charge >= 0.3 is 0 Å². The van der Waals surface area contributed by atoms with E-state index in [-0.39, 0.29) is 29.4 Å². The summed E-state index contributed by atoms with van der Waals surface area (Å²) in [5.74, 6) is -0.451. The van der Waals surface area contributed by atoms with Crippen molar-refractivity contribution in [1.29, 1.82) is 0 Å². The van der Waals surface area contributed by atoms with Crippen molar-refractivity contribution in [1.82, 2.24) is 4.90 Å². The predicted molar refractivity (Wildman–Crippen MR) is 84.6 cm³/mol. The van der Waals surface area contributed by atoms with Crippen LogP contribution in [0.2, 0.25) is 0 Å². The zero-order valence-corrected chi connectivity index (χ0v) is 13.2. The van der Waals surface area contributed by atoms with E-state index in [1.807, 2.05) is 36.2 Å². The van der Waals surface area contributed by atoms with Crippen LogP contribution in [-0.4, -0.2) is 34.5 Å². The summed E-state index contributed by atoms with van der Waals surface area (Å²) in [7, 11) is 1.84. The quantitative estimate of drug-likeness (QED) is 0.814. The summed E-state index contributed by atoms with van der Waals surface area (Å²) in [6.07, 6.45) is 0. The van der Waals surface area contributed by atoms with Gasteiger partial charge in [-0.3, -0.25) is 9.69 Å². The Morgan fingerprint density at radius 2 is 1.95 bits per heavy atom. The molecule has 0 spiro atoms. The highest BCUT2D eigenvalue weighted by atomic mass is 79.9. The number of ketones is 1. The molecule has 2 aromatic carbocycles. The van der Waals surface area contributed by atoms with Crippen LogP contribution in [0.3, 0.4) is 0 Å². The number of nitrogens with zero attached hydrogens (tertiary/aromatic N) is 1. The van der Waals surface area contributed by atoms with Crippen LogP contribution in [0, 0.1) is 0 Å². The average molecular weight is 350 g/mol. The number of phenols is 2. The van der Waals surface area contributed by atoms with Crippen LogP contribution >= 0.6 is 15.9 Å². The molecule has 5 heteroatoms. The molecule has 0 aliphatic heterocycles. The van der Waals surface area contributed by atoms with Crippen LogP contribution < -0.4 is 0 Å². The van der Waals surface area contributed by atoms with Gasteiger partial charge < -0.3 is 10.2 Å². The molecule has 0 atom stereocenters. The fourth-order valence-corrected chi connectivity index (χ4v) is 2.54. The van der Waals surface area contributed by atoms with E-state index in [1.165, 1.54) is 18.2 Å². The molecule has 0 fully saturated rings. The molecular formula is C16H16BrNO3. The number of aromatic hydroxyl groups is 2. The van der Waals surface area contributed by atoms with E-state index in [4.69, 9.17) is 0 Å². The number of benzene rings is 2. The lowest BCUT2D eigenvalue weighted by molar-refractivity contribution is 0.0940. The van der Waals surface area contributed by atoms with Gasteiger partial charge in [0.25, 0.3) is 0 Å². The average Bonchev–Trinajstić information content (AvgIpc) is 2.38. The fraction of sp³-hybridized carbons (Fsp3) is 0.188. The molecule has 2 rings (SSSR count). The van der Waals surface area contributed by atoms with Gasteiger partial charge in [-0.25, -0.2) is 0 Å². The van der Waals surface area contributed by atoms with Crippen molar-refractivity contribution in [2.75, 3.05) is 13.6 Å². The smallest absolute Gasteiger partial charge is 0.180 e. The zero-order valence-electron chi connectivity index (χ0n) is 11.6. The van der Waals surface area contributed by atoms with Gasteiger partial charge in [0.15, 0.2) is 5.78 Å². The highest BCUT2D eigenvalue weighted by Gasteiger charge is 2.14. The summed E-state index contributed by atoms with van der Waals surface area (Å²) in [5, 5.41) is 18.9. The Balaban J connectivity index is 2.02. The van der Waals surface area contributed by atoms with Crippen LogP contribution in [0.15, 0.2) is 46.9 Å². The molecule has 21 heavy (non-hydrogen) atoms.